The van der Waals surface area contributed by atoms with Gasteiger partial charge >= 0.3 is 0 Å². The predicted octanol–water partition coefficient (Wildman–Crippen LogP) is 3.62. The number of thiazole rings is 1. The minimum Gasteiger partial charge on any atom is -0.320 e. The molecule has 0 atom stereocenters. The minimum atomic E-state index is -0.359. The van der Waals surface area contributed by atoms with E-state index >= 15 is 0 Å². The molecule has 3 heteroatoms. The van der Waals surface area contributed by atoms with Gasteiger partial charge in [0, 0.05) is 10.9 Å². The van der Waals surface area contributed by atoms with Crippen molar-refractivity contribution >= 4 is 11.3 Å². The topological polar surface area (TPSA) is 38.9 Å². The highest BCUT2D eigenvalue weighted by atomic mass is 32.1. The van der Waals surface area contributed by atoms with Gasteiger partial charge in [0.1, 0.15) is 5.01 Å². The first kappa shape index (κ1) is 12.3. The third-order valence-corrected chi connectivity index (χ3v) is 3.75. The summed E-state index contributed by atoms with van der Waals surface area (Å²) in [6.45, 7) is 8.18. The van der Waals surface area contributed by atoms with Crippen molar-refractivity contribution in [2.24, 2.45) is 5.73 Å². The van der Waals surface area contributed by atoms with E-state index in [1.165, 1.54) is 16.7 Å². The van der Waals surface area contributed by atoms with Crippen LogP contribution in [0.4, 0.5) is 0 Å². The quantitative estimate of drug-likeness (QED) is 0.879. The van der Waals surface area contributed by atoms with E-state index in [2.05, 4.69) is 42.4 Å². The number of aromatic nitrogens is 1. The van der Waals surface area contributed by atoms with Crippen LogP contribution in [0.15, 0.2) is 23.6 Å². The van der Waals surface area contributed by atoms with Crippen LogP contribution in [0.1, 0.15) is 30.0 Å². The number of benzene rings is 1. The van der Waals surface area contributed by atoms with Crippen molar-refractivity contribution in [3.05, 3.63) is 39.7 Å². The third kappa shape index (κ3) is 2.73. The molecule has 0 aliphatic rings. The van der Waals surface area contributed by atoms with Gasteiger partial charge in [-0.15, -0.1) is 11.3 Å². The van der Waals surface area contributed by atoms with Gasteiger partial charge in [-0.05, 0) is 39.8 Å². The van der Waals surface area contributed by atoms with Crippen LogP contribution in [0.25, 0.3) is 11.3 Å². The van der Waals surface area contributed by atoms with E-state index in [9.17, 15) is 0 Å². The van der Waals surface area contributed by atoms with Crippen LogP contribution in [0, 0.1) is 13.8 Å². The Bertz CT molecular complexity index is 515. The molecule has 0 fully saturated rings. The summed E-state index contributed by atoms with van der Waals surface area (Å²) in [5, 5.41) is 3.06. The second-order valence-electron chi connectivity index (χ2n) is 5.14. The van der Waals surface area contributed by atoms with Crippen LogP contribution in [0.2, 0.25) is 0 Å². The molecule has 90 valence electrons. The van der Waals surface area contributed by atoms with Gasteiger partial charge in [0.2, 0.25) is 0 Å². The largest absolute Gasteiger partial charge is 0.320 e. The molecule has 0 radical (unpaired) electrons. The average molecular weight is 246 g/mol. The summed E-state index contributed by atoms with van der Waals surface area (Å²) in [4.78, 5) is 4.63. The van der Waals surface area contributed by atoms with Crippen LogP contribution in [-0.4, -0.2) is 4.98 Å². The molecule has 2 N–H and O–H groups in total. The van der Waals surface area contributed by atoms with Crippen LogP contribution >= 0.6 is 11.3 Å². The van der Waals surface area contributed by atoms with E-state index in [0.717, 1.165) is 10.7 Å². The van der Waals surface area contributed by atoms with Crippen molar-refractivity contribution < 1.29 is 0 Å². The lowest BCUT2D eigenvalue weighted by atomic mass is 10.1. The van der Waals surface area contributed by atoms with E-state index in [-0.39, 0.29) is 5.54 Å². The number of nitrogens with two attached hydrogens (primary N) is 1. The fourth-order valence-corrected chi connectivity index (χ4v) is 2.69. The average Bonchev–Trinajstić information content (AvgIpc) is 2.63. The van der Waals surface area contributed by atoms with Gasteiger partial charge in [0.05, 0.1) is 11.2 Å². The van der Waals surface area contributed by atoms with Crippen molar-refractivity contribution in [2.45, 2.75) is 33.2 Å². The van der Waals surface area contributed by atoms with Gasteiger partial charge < -0.3 is 5.73 Å². The molecule has 0 saturated heterocycles. The van der Waals surface area contributed by atoms with Gasteiger partial charge in [0.15, 0.2) is 0 Å². The van der Waals surface area contributed by atoms with Crippen molar-refractivity contribution in [3.63, 3.8) is 0 Å². The van der Waals surface area contributed by atoms with Crippen LogP contribution in [0.3, 0.4) is 0 Å². The van der Waals surface area contributed by atoms with Gasteiger partial charge in [-0.2, -0.15) is 0 Å². The lowest BCUT2D eigenvalue weighted by molar-refractivity contribution is 0.551. The molecule has 1 aromatic carbocycles. The molecule has 1 aromatic heterocycles. The zero-order chi connectivity index (χ0) is 12.6. The Kier molecular flexibility index (Phi) is 3.06. The molecule has 0 unspecified atom stereocenters. The van der Waals surface area contributed by atoms with Gasteiger partial charge in [-0.3, -0.25) is 0 Å². The number of aryl methyl sites for hydroxylation is 2. The van der Waals surface area contributed by atoms with Crippen molar-refractivity contribution in [1.82, 2.24) is 4.98 Å². The second-order valence-corrected chi connectivity index (χ2v) is 5.99. The lowest BCUT2D eigenvalue weighted by Crippen LogP contribution is -2.28. The first-order valence-electron chi connectivity index (χ1n) is 5.70. The molecule has 2 aromatic rings. The number of rotatable bonds is 2. The van der Waals surface area contributed by atoms with Crippen LogP contribution < -0.4 is 5.73 Å². The molecule has 0 spiro atoms. The Hall–Kier alpha value is -1.19. The van der Waals surface area contributed by atoms with E-state index in [1.807, 2.05) is 13.8 Å². The summed E-state index contributed by atoms with van der Waals surface area (Å²) in [6, 6.07) is 6.49. The summed E-state index contributed by atoms with van der Waals surface area (Å²) in [6.07, 6.45) is 0. The Morgan fingerprint density at radius 1 is 1.12 bits per heavy atom. The molecule has 0 aliphatic carbocycles. The fraction of sp³-hybridized carbons (Fsp3) is 0.357. The normalized spacial score (nSPS) is 11.8. The molecule has 0 amide bonds. The SMILES string of the molecule is Cc1cc(C)cc(-c2csc(C(C)(C)N)n2)c1. The lowest BCUT2D eigenvalue weighted by Gasteiger charge is -2.13. The Labute approximate surface area is 107 Å². The zero-order valence-electron chi connectivity index (χ0n) is 10.7. The van der Waals surface area contributed by atoms with E-state index in [4.69, 9.17) is 5.73 Å². The van der Waals surface area contributed by atoms with Crippen molar-refractivity contribution in [3.8, 4) is 11.3 Å². The fourth-order valence-electron chi connectivity index (χ4n) is 1.82. The summed E-state index contributed by atoms with van der Waals surface area (Å²) in [7, 11) is 0. The number of hydrogen-bond donors (Lipinski definition) is 1. The van der Waals surface area contributed by atoms with Crippen LogP contribution in [0.5, 0.6) is 0 Å². The molecule has 17 heavy (non-hydrogen) atoms. The van der Waals surface area contributed by atoms with Crippen LogP contribution in [-0.2, 0) is 5.54 Å². The zero-order valence-corrected chi connectivity index (χ0v) is 11.6. The summed E-state index contributed by atoms with van der Waals surface area (Å²) >= 11 is 1.63. The monoisotopic (exact) mass is 246 g/mol. The van der Waals surface area contributed by atoms with E-state index < -0.39 is 0 Å². The predicted molar refractivity (Wildman–Crippen MR) is 74.2 cm³/mol. The molecular formula is C14H18N2S. The van der Waals surface area contributed by atoms with Gasteiger partial charge in [0.25, 0.3) is 0 Å². The summed E-state index contributed by atoms with van der Waals surface area (Å²) in [5.74, 6) is 0. The highest BCUT2D eigenvalue weighted by molar-refractivity contribution is 7.10. The first-order valence-corrected chi connectivity index (χ1v) is 6.58. The molecule has 0 aliphatic heterocycles. The number of hydrogen-bond acceptors (Lipinski definition) is 3. The summed E-state index contributed by atoms with van der Waals surface area (Å²) < 4.78 is 0. The highest BCUT2D eigenvalue weighted by Gasteiger charge is 2.18. The van der Waals surface area contributed by atoms with Gasteiger partial charge in [-0.25, -0.2) is 4.98 Å². The number of nitrogens with zero attached hydrogens (tertiary/aromatic N) is 1. The molecule has 1 heterocycles. The molecule has 2 rings (SSSR count). The maximum atomic E-state index is 6.06. The maximum absolute atomic E-state index is 6.06. The summed E-state index contributed by atoms with van der Waals surface area (Å²) in [5.41, 5.74) is 10.4. The molecule has 2 nitrogen and oxygen atoms in total. The Morgan fingerprint density at radius 2 is 1.71 bits per heavy atom. The maximum Gasteiger partial charge on any atom is 0.113 e. The van der Waals surface area contributed by atoms with Gasteiger partial charge in [-0.1, -0.05) is 17.2 Å². The van der Waals surface area contributed by atoms with E-state index in [1.54, 1.807) is 11.3 Å². The molecular weight excluding hydrogens is 228 g/mol. The second kappa shape index (κ2) is 4.24. The van der Waals surface area contributed by atoms with Crippen molar-refractivity contribution in [2.75, 3.05) is 0 Å². The third-order valence-electron chi connectivity index (χ3n) is 2.57. The Morgan fingerprint density at radius 3 is 2.18 bits per heavy atom. The highest BCUT2D eigenvalue weighted by Crippen LogP contribution is 2.28. The molecule has 0 bridgehead atoms. The van der Waals surface area contributed by atoms with E-state index in [0.29, 0.717) is 0 Å². The Balaban J connectivity index is 2.44. The smallest absolute Gasteiger partial charge is 0.113 e. The van der Waals surface area contributed by atoms with Crippen molar-refractivity contribution in [1.29, 1.82) is 0 Å². The minimum absolute atomic E-state index is 0.359. The standard InChI is InChI=1S/C14H18N2S/c1-9-5-10(2)7-11(6-9)12-8-17-13(16-12)14(3,4)15/h5-8H,15H2,1-4H3. The first-order chi connectivity index (χ1) is 7.86. The molecule has 0 saturated carbocycles.